The fourth-order valence-electron chi connectivity index (χ4n) is 6.21. The first-order valence-electron chi connectivity index (χ1n) is 14.5. The molecule has 3 atom stereocenters. The molecule has 0 saturated carbocycles. The number of rotatable bonds is 12. The summed E-state index contributed by atoms with van der Waals surface area (Å²) in [5.41, 5.74) is 9.71. The zero-order chi connectivity index (χ0) is 28.9. The molecule has 2 aliphatic rings. The van der Waals surface area contributed by atoms with Gasteiger partial charge in [-0.25, -0.2) is 0 Å². The van der Waals surface area contributed by atoms with Crippen molar-refractivity contribution in [2.24, 2.45) is 18.7 Å². The van der Waals surface area contributed by atoms with Crippen LogP contribution in [0.5, 0.6) is 11.5 Å². The number of aryl methyl sites for hydroxylation is 2. The third kappa shape index (κ3) is 6.26. The Morgan fingerprint density at radius 3 is 2.66 bits per heavy atom. The number of aliphatic carboxylic acids is 1. The van der Waals surface area contributed by atoms with Gasteiger partial charge in [0.15, 0.2) is 11.5 Å². The molecule has 3 N–H and O–H groups in total. The SMILES string of the molecule is CCCCN(C(=O)CN1C[C@H](c2ccc3c(c2)OCO3)[C@@H](C(=O)O)[C@@H]1CCc1cccn1C)c1cccc(CN)c1. The van der Waals surface area contributed by atoms with Crippen LogP contribution in [0.15, 0.2) is 60.8 Å². The lowest BCUT2D eigenvalue weighted by Crippen LogP contribution is -2.44. The van der Waals surface area contributed by atoms with Gasteiger partial charge in [0, 0.05) is 56.2 Å². The first kappa shape index (κ1) is 28.7. The number of amides is 1. The van der Waals surface area contributed by atoms with Gasteiger partial charge in [-0.15, -0.1) is 0 Å². The molecule has 41 heavy (non-hydrogen) atoms. The van der Waals surface area contributed by atoms with Crippen LogP contribution in [0.1, 0.15) is 48.9 Å². The monoisotopic (exact) mass is 560 g/mol. The van der Waals surface area contributed by atoms with Crippen molar-refractivity contribution in [1.82, 2.24) is 9.47 Å². The minimum atomic E-state index is -0.849. The molecule has 1 amide bonds. The second-order valence-corrected chi connectivity index (χ2v) is 11.0. The number of anilines is 1. The summed E-state index contributed by atoms with van der Waals surface area (Å²) in [6.45, 7) is 3.86. The lowest BCUT2D eigenvalue weighted by molar-refractivity contribution is -0.143. The van der Waals surface area contributed by atoms with Crippen molar-refractivity contribution in [3.8, 4) is 11.5 Å². The van der Waals surface area contributed by atoms with Crippen molar-refractivity contribution in [3.63, 3.8) is 0 Å². The molecule has 2 aromatic carbocycles. The number of ether oxygens (including phenoxy) is 2. The summed E-state index contributed by atoms with van der Waals surface area (Å²) in [5, 5.41) is 10.5. The van der Waals surface area contributed by atoms with Gasteiger partial charge in [0.2, 0.25) is 12.7 Å². The van der Waals surface area contributed by atoms with Crippen molar-refractivity contribution in [3.05, 3.63) is 77.6 Å². The predicted molar refractivity (Wildman–Crippen MR) is 157 cm³/mol. The number of hydrogen-bond donors (Lipinski definition) is 2. The van der Waals surface area contributed by atoms with Crippen LogP contribution >= 0.6 is 0 Å². The van der Waals surface area contributed by atoms with Gasteiger partial charge in [-0.2, -0.15) is 0 Å². The summed E-state index contributed by atoms with van der Waals surface area (Å²) in [6.07, 6.45) is 5.16. The van der Waals surface area contributed by atoms with Crippen molar-refractivity contribution in [1.29, 1.82) is 0 Å². The van der Waals surface area contributed by atoms with E-state index in [0.29, 0.717) is 44.0 Å². The van der Waals surface area contributed by atoms with Crippen LogP contribution in [0, 0.1) is 5.92 Å². The number of nitrogens with two attached hydrogens (primary N) is 1. The van der Waals surface area contributed by atoms with Gasteiger partial charge in [0.1, 0.15) is 0 Å². The molecule has 0 unspecified atom stereocenters. The maximum atomic E-state index is 14.0. The Labute approximate surface area is 241 Å². The first-order chi connectivity index (χ1) is 19.9. The summed E-state index contributed by atoms with van der Waals surface area (Å²) in [4.78, 5) is 30.8. The van der Waals surface area contributed by atoms with E-state index in [0.717, 1.165) is 35.3 Å². The van der Waals surface area contributed by atoms with E-state index in [1.807, 2.05) is 66.7 Å². The second-order valence-electron chi connectivity index (χ2n) is 11.0. The molecule has 5 rings (SSSR count). The summed E-state index contributed by atoms with van der Waals surface area (Å²) < 4.78 is 13.1. The summed E-state index contributed by atoms with van der Waals surface area (Å²) in [7, 11) is 2.00. The van der Waals surface area contributed by atoms with Gasteiger partial charge in [0.05, 0.1) is 12.5 Å². The molecule has 3 heterocycles. The number of fused-ring (bicyclic) bond motifs is 1. The molecule has 1 fully saturated rings. The smallest absolute Gasteiger partial charge is 0.308 e. The average Bonchev–Trinajstić information content (AvgIpc) is 3.70. The van der Waals surface area contributed by atoms with E-state index >= 15 is 0 Å². The highest BCUT2D eigenvalue weighted by molar-refractivity contribution is 5.95. The number of nitrogens with zero attached hydrogens (tertiary/aromatic N) is 3. The highest BCUT2D eigenvalue weighted by Gasteiger charge is 2.47. The van der Waals surface area contributed by atoms with Crippen LogP contribution in [0.2, 0.25) is 0 Å². The Morgan fingerprint density at radius 2 is 1.93 bits per heavy atom. The molecular formula is C32H40N4O5. The summed E-state index contributed by atoms with van der Waals surface area (Å²) in [5.74, 6) is -0.555. The normalized spacial score (nSPS) is 19.9. The maximum Gasteiger partial charge on any atom is 0.308 e. The molecule has 0 aliphatic carbocycles. The van der Waals surface area contributed by atoms with Gasteiger partial charge in [-0.1, -0.05) is 31.5 Å². The molecule has 1 saturated heterocycles. The number of carbonyl (C=O) groups excluding carboxylic acids is 1. The number of unbranched alkanes of at least 4 members (excludes halogenated alkanes) is 1. The largest absolute Gasteiger partial charge is 0.481 e. The fourth-order valence-corrected chi connectivity index (χ4v) is 6.21. The lowest BCUT2D eigenvalue weighted by atomic mass is 9.83. The minimum Gasteiger partial charge on any atom is -0.481 e. The Bertz CT molecular complexity index is 1370. The van der Waals surface area contributed by atoms with Crippen molar-refractivity contribution in [2.75, 3.05) is 31.3 Å². The van der Waals surface area contributed by atoms with E-state index in [1.54, 1.807) is 0 Å². The second kappa shape index (κ2) is 12.8. The van der Waals surface area contributed by atoms with Crippen LogP contribution < -0.4 is 20.1 Å². The molecule has 218 valence electrons. The van der Waals surface area contributed by atoms with Gasteiger partial charge in [0.25, 0.3) is 0 Å². The van der Waals surface area contributed by atoms with Crippen molar-refractivity contribution < 1.29 is 24.2 Å². The molecular weight excluding hydrogens is 520 g/mol. The highest BCUT2D eigenvalue weighted by atomic mass is 16.7. The minimum absolute atomic E-state index is 0.0352. The number of likely N-dealkylation sites (tertiary alicyclic amines) is 1. The number of carboxylic acid groups (broad SMARTS) is 1. The molecule has 0 bridgehead atoms. The van der Waals surface area contributed by atoms with Gasteiger partial charge >= 0.3 is 5.97 Å². The lowest BCUT2D eigenvalue weighted by Gasteiger charge is -2.30. The van der Waals surface area contributed by atoms with E-state index in [4.69, 9.17) is 15.2 Å². The van der Waals surface area contributed by atoms with Crippen LogP contribution in [0.4, 0.5) is 5.69 Å². The van der Waals surface area contributed by atoms with Crippen LogP contribution in [0.25, 0.3) is 0 Å². The zero-order valence-electron chi connectivity index (χ0n) is 23.9. The van der Waals surface area contributed by atoms with Crippen molar-refractivity contribution >= 4 is 17.6 Å². The molecule has 0 spiro atoms. The van der Waals surface area contributed by atoms with Crippen LogP contribution in [-0.4, -0.2) is 58.9 Å². The summed E-state index contributed by atoms with van der Waals surface area (Å²) in [6, 6.07) is 17.2. The maximum absolute atomic E-state index is 14.0. The van der Waals surface area contributed by atoms with Crippen LogP contribution in [-0.2, 0) is 29.6 Å². The first-order valence-corrected chi connectivity index (χ1v) is 14.5. The number of benzene rings is 2. The van der Waals surface area contributed by atoms with E-state index in [9.17, 15) is 14.7 Å². The van der Waals surface area contributed by atoms with E-state index < -0.39 is 11.9 Å². The molecule has 1 aromatic heterocycles. The Balaban J connectivity index is 1.44. The van der Waals surface area contributed by atoms with Gasteiger partial charge in [-0.05, 0) is 66.8 Å². The Kier molecular flexibility index (Phi) is 8.95. The number of hydrogen-bond acceptors (Lipinski definition) is 6. The zero-order valence-corrected chi connectivity index (χ0v) is 23.9. The van der Waals surface area contributed by atoms with Gasteiger partial charge < -0.3 is 29.8 Å². The third-order valence-electron chi connectivity index (χ3n) is 8.44. The third-order valence-corrected chi connectivity index (χ3v) is 8.44. The number of carboxylic acids is 1. The summed E-state index contributed by atoms with van der Waals surface area (Å²) >= 11 is 0. The predicted octanol–water partition coefficient (Wildman–Crippen LogP) is 4.15. The van der Waals surface area contributed by atoms with Gasteiger partial charge in [-0.3, -0.25) is 14.5 Å². The van der Waals surface area contributed by atoms with E-state index in [1.165, 1.54) is 0 Å². The molecule has 3 aromatic rings. The molecule has 2 aliphatic heterocycles. The van der Waals surface area contributed by atoms with Crippen molar-refractivity contribution in [2.45, 2.75) is 51.1 Å². The van der Waals surface area contributed by atoms with Crippen LogP contribution in [0.3, 0.4) is 0 Å². The number of aromatic nitrogens is 1. The topological polar surface area (TPSA) is 110 Å². The quantitative estimate of drug-likeness (QED) is 0.343. The Morgan fingerprint density at radius 1 is 1.10 bits per heavy atom. The van der Waals surface area contributed by atoms with E-state index in [-0.39, 0.29) is 31.2 Å². The highest BCUT2D eigenvalue weighted by Crippen LogP contribution is 2.43. The number of carbonyl (C=O) groups is 2. The average molecular weight is 561 g/mol. The molecule has 9 nitrogen and oxygen atoms in total. The molecule has 9 heteroatoms. The fraction of sp³-hybridized carbons (Fsp3) is 0.438. The molecule has 0 radical (unpaired) electrons. The van der Waals surface area contributed by atoms with E-state index in [2.05, 4.69) is 22.5 Å². The Hall–Kier alpha value is -3.82. The standard InChI is InChI=1S/C32H40N4O5/c1-3-4-15-36(25-8-5-7-22(16-25)18-33)30(37)20-35-19-26(23-10-13-28-29(17-23)41-21-40-28)31(32(38)39)27(35)12-11-24-9-6-14-34(24)2/h5-10,13-14,16-17,26-27,31H,3-4,11-12,15,18-21,33H2,1-2H3,(H,38,39)/t26-,27+,31-/m1/s1.